The average Bonchev–Trinajstić information content (AvgIpc) is 2.36. The Morgan fingerprint density at radius 1 is 1.43 bits per heavy atom. The van der Waals surface area contributed by atoms with Crippen molar-refractivity contribution in [3.05, 3.63) is 28.8 Å². The highest BCUT2D eigenvalue weighted by Gasteiger charge is 2.26. The van der Waals surface area contributed by atoms with Crippen LogP contribution in [0.15, 0.2) is 18.2 Å². The number of anilines is 1. The highest BCUT2D eigenvalue weighted by atomic mass is 35.5. The standard InChI is InChI=1S/C14H17ClF3NO2/c1-9(4-3-7-14(16,17)18)19-12-8-10(15)5-6-11(12)13(20)21-2/h5-6,8-9,19H,3-4,7H2,1-2H3. The maximum atomic E-state index is 12.1. The summed E-state index contributed by atoms with van der Waals surface area (Å²) >= 11 is 5.87. The zero-order chi connectivity index (χ0) is 16.0. The highest BCUT2D eigenvalue weighted by molar-refractivity contribution is 6.31. The van der Waals surface area contributed by atoms with Gasteiger partial charge in [-0.25, -0.2) is 4.79 Å². The van der Waals surface area contributed by atoms with Gasteiger partial charge in [0.1, 0.15) is 0 Å². The summed E-state index contributed by atoms with van der Waals surface area (Å²) in [7, 11) is 1.26. The first-order valence-electron chi connectivity index (χ1n) is 6.44. The summed E-state index contributed by atoms with van der Waals surface area (Å²) < 4.78 is 41.0. The zero-order valence-electron chi connectivity index (χ0n) is 11.8. The number of hydrogen-bond acceptors (Lipinski definition) is 3. The molecule has 1 aromatic rings. The molecule has 0 fully saturated rings. The summed E-state index contributed by atoms with van der Waals surface area (Å²) in [4.78, 5) is 11.6. The van der Waals surface area contributed by atoms with Crippen molar-refractivity contribution < 1.29 is 22.7 Å². The first-order chi connectivity index (χ1) is 9.73. The van der Waals surface area contributed by atoms with Crippen LogP contribution in [0.5, 0.6) is 0 Å². The van der Waals surface area contributed by atoms with Gasteiger partial charge in [0.25, 0.3) is 0 Å². The van der Waals surface area contributed by atoms with Crippen LogP contribution in [0, 0.1) is 0 Å². The molecule has 7 heteroatoms. The fourth-order valence-electron chi connectivity index (χ4n) is 1.87. The molecule has 0 bridgehead atoms. The molecule has 21 heavy (non-hydrogen) atoms. The van der Waals surface area contributed by atoms with Crippen molar-refractivity contribution in [1.82, 2.24) is 0 Å². The molecule has 1 aromatic carbocycles. The fourth-order valence-corrected chi connectivity index (χ4v) is 2.04. The van der Waals surface area contributed by atoms with Gasteiger partial charge in [0, 0.05) is 17.5 Å². The van der Waals surface area contributed by atoms with Gasteiger partial charge in [-0.1, -0.05) is 11.6 Å². The van der Waals surface area contributed by atoms with Crippen LogP contribution in [0.1, 0.15) is 36.5 Å². The lowest BCUT2D eigenvalue weighted by molar-refractivity contribution is -0.135. The number of esters is 1. The van der Waals surface area contributed by atoms with Gasteiger partial charge >= 0.3 is 12.1 Å². The molecule has 0 saturated carbocycles. The van der Waals surface area contributed by atoms with Crippen LogP contribution >= 0.6 is 11.6 Å². The number of methoxy groups -OCH3 is 1. The average molecular weight is 324 g/mol. The minimum atomic E-state index is -4.15. The van der Waals surface area contributed by atoms with Crippen molar-refractivity contribution in [1.29, 1.82) is 0 Å². The Morgan fingerprint density at radius 3 is 2.67 bits per heavy atom. The van der Waals surface area contributed by atoms with Crippen molar-refractivity contribution >= 4 is 23.3 Å². The summed E-state index contributed by atoms with van der Waals surface area (Å²) in [6.45, 7) is 1.75. The van der Waals surface area contributed by atoms with Gasteiger partial charge in [0.05, 0.1) is 18.4 Å². The molecule has 1 N–H and O–H groups in total. The molecular weight excluding hydrogens is 307 g/mol. The van der Waals surface area contributed by atoms with Gasteiger partial charge in [-0.3, -0.25) is 0 Å². The van der Waals surface area contributed by atoms with Gasteiger partial charge < -0.3 is 10.1 Å². The van der Waals surface area contributed by atoms with E-state index in [1.165, 1.54) is 13.2 Å². The van der Waals surface area contributed by atoms with E-state index < -0.39 is 18.6 Å². The fraction of sp³-hybridized carbons (Fsp3) is 0.500. The molecule has 0 radical (unpaired) electrons. The molecule has 0 aliphatic heterocycles. The normalized spacial score (nSPS) is 12.9. The maximum absolute atomic E-state index is 12.1. The summed E-state index contributed by atoms with van der Waals surface area (Å²) in [5.41, 5.74) is 0.749. The molecule has 0 heterocycles. The quantitative estimate of drug-likeness (QED) is 0.774. The Morgan fingerprint density at radius 2 is 2.10 bits per heavy atom. The van der Waals surface area contributed by atoms with Crippen LogP contribution in [0.25, 0.3) is 0 Å². The Hall–Kier alpha value is -1.43. The Kier molecular flexibility index (Phi) is 6.33. The number of ether oxygens (including phenoxy) is 1. The summed E-state index contributed by atoms with van der Waals surface area (Å²) in [5, 5.41) is 3.42. The van der Waals surface area contributed by atoms with Gasteiger partial charge in [-0.15, -0.1) is 0 Å². The van der Waals surface area contributed by atoms with Crippen molar-refractivity contribution in [2.75, 3.05) is 12.4 Å². The third-order valence-electron chi connectivity index (χ3n) is 2.89. The zero-order valence-corrected chi connectivity index (χ0v) is 12.5. The van der Waals surface area contributed by atoms with E-state index in [1.807, 2.05) is 0 Å². The largest absolute Gasteiger partial charge is 0.465 e. The predicted octanol–water partition coefficient (Wildman–Crippen LogP) is 4.66. The maximum Gasteiger partial charge on any atom is 0.389 e. The van der Waals surface area contributed by atoms with Crippen molar-refractivity contribution in [2.24, 2.45) is 0 Å². The van der Waals surface area contributed by atoms with Gasteiger partial charge in [0.15, 0.2) is 0 Å². The smallest absolute Gasteiger partial charge is 0.389 e. The van der Waals surface area contributed by atoms with E-state index in [9.17, 15) is 18.0 Å². The number of hydrogen-bond donors (Lipinski definition) is 1. The molecule has 1 rings (SSSR count). The molecule has 0 spiro atoms. The molecule has 0 aliphatic carbocycles. The van der Waals surface area contributed by atoms with Crippen LogP contribution in [-0.4, -0.2) is 25.3 Å². The Bertz CT molecular complexity index is 492. The van der Waals surface area contributed by atoms with Gasteiger partial charge in [-0.05, 0) is 38.0 Å². The van der Waals surface area contributed by atoms with E-state index in [-0.39, 0.29) is 12.5 Å². The number of benzene rings is 1. The lowest BCUT2D eigenvalue weighted by Gasteiger charge is -2.18. The number of halogens is 4. The molecule has 0 saturated heterocycles. The van der Waals surface area contributed by atoms with Crippen LogP contribution < -0.4 is 5.32 Å². The van der Waals surface area contributed by atoms with Crippen LogP contribution in [-0.2, 0) is 4.74 Å². The van der Waals surface area contributed by atoms with Crippen LogP contribution in [0.4, 0.5) is 18.9 Å². The van der Waals surface area contributed by atoms with Gasteiger partial charge in [-0.2, -0.15) is 13.2 Å². The minimum absolute atomic E-state index is 0.0196. The number of carbonyl (C=O) groups is 1. The van der Waals surface area contributed by atoms with E-state index in [4.69, 9.17) is 11.6 Å². The molecule has 118 valence electrons. The number of carbonyl (C=O) groups excluding carboxylic acids is 1. The topological polar surface area (TPSA) is 38.3 Å². The van der Waals surface area contributed by atoms with Crippen LogP contribution in [0.3, 0.4) is 0 Å². The second kappa shape index (κ2) is 7.54. The molecule has 0 amide bonds. The molecular formula is C14H17ClF3NO2. The van der Waals surface area contributed by atoms with Crippen molar-refractivity contribution in [3.8, 4) is 0 Å². The van der Waals surface area contributed by atoms with Crippen LogP contribution in [0.2, 0.25) is 5.02 Å². The Labute approximate surface area is 126 Å². The first-order valence-corrected chi connectivity index (χ1v) is 6.82. The van der Waals surface area contributed by atoms with Crippen molar-refractivity contribution in [2.45, 2.75) is 38.4 Å². The SMILES string of the molecule is COC(=O)c1ccc(Cl)cc1NC(C)CCCC(F)(F)F. The second-order valence-corrected chi connectivity index (χ2v) is 5.17. The molecule has 0 aliphatic rings. The highest BCUT2D eigenvalue weighted by Crippen LogP contribution is 2.25. The van der Waals surface area contributed by atoms with E-state index in [0.29, 0.717) is 22.7 Å². The second-order valence-electron chi connectivity index (χ2n) is 4.73. The summed E-state index contributed by atoms with van der Waals surface area (Å²) in [6.07, 6.45) is -4.62. The molecule has 1 unspecified atom stereocenters. The minimum Gasteiger partial charge on any atom is -0.465 e. The third-order valence-corrected chi connectivity index (χ3v) is 3.12. The van der Waals surface area contributed by atoms with E-state index in [0.717, 1.165) is 0 Å². The molecule has 1 atom stereocenters. The van der Waals surface area contributed by atoms with E-state index >= 15 is 0 Å². The molecule has 3 nitrogen and oxygen atoms in total. The predicted molar refractivity (Wildman–Crippen MR) is 75.8 cm³/mol. The van der Waals surface area contributed by atoms with E-state index in [1.54, 1.807) is 19.1 Å². The number of alkyl halides is 3. The third kappa shape index (κ3) is 6.25. The number of rotatable bonds is 6. The Balaban J connectivity index is 2.68. The molecule has 0 aromatic heterocycles. The summed E-state index contributed by atoms with van der Waals surface area (Å²) in [6, 6.07) is 4.38. The monoisotopic (exact) mass is 323 g/mol. The first kappa shape index (κ1) is 17.6. The lowest BCUT2D eigenvalue weighted by Crippen LogP contribution is -2.19. The summed E-state index contributed by atoms with van der Waals surface area (Å²) in [5.74, 6) is -0.531. The number of nitrogens with one attached hydrogen (secondary N) is 1. The van der Waals surface area contributed by atoms with E-state index in [2.05, 4.69) is 10.1 Å². The lowest BCUT2D eigenvalue weighted by atomic mass is 10.1. The van der Waals surface area contributed by atoms with Gasteiger partial charge in [0.2, 0.25) is 0 Å². The van der Waals surface area contributed by atoms with Crippen molar-refractivity contribution in [3.63, 3.8) is 0 Å².